The molecule has 94 valence electrons. The first-order valence-corrected chi connectivity index (χ1v) is 6.59. The molecule has 1 atom stereocenters. The average Bonchev–Trinajstić information content (AvgIpc) is 2.38. The summed E-state index contributed by atoms with van der Waals surface area (Å²) in [5, 5.41) is 0.612. The Morgan fingerprint density at radius 3 is 2.65 bits per heavy atom. The van der Waals surface area contributed by atoms with Crippen molar-refractivity contribution < 1.29 is 4.74 Å². The lowest BCUT2D eigenvalue weighted by atomic mass is 9.96. The van der Waals surface area contributed by atoms with E-state index in [1.165, 1.54) is 12.8 Å². The zero-order valence-corrected chi connectivity index (χ0v) is 11.5. The average molecular weight is 255 g/mol. The van der Waals surface area contributed by atoms with Gasteiger partial charge in [-0.3, -0.25) is 0 Å². The highest BCUT2D eigenvalue weighted by Crippen LogP contribution is 2.31. The normalized spacial score (nSPS) is 18.6. The van der Waals surface area contributed by atoms with Gasteiger partial charge in [-0.05, 0) is 39.0 Å². The number of hydrogen-bond donors (Lipinski definition) is 0. The highest BCUT2D eigenvalue weighted by atomic mass is 35.5. The lowest BCUT2D eigenvalue weighted by molar-refractivity contribution is -0.00921. The third kappa shape index (κ3) is 2.31. The summed E-state index contributed by atoms with van der Waals surface area (Å²) in [6.45, 7) is 4.08. The number of ether oxygens (including phenoxy) is 1. The van der Waals surface area contributed by atoms with Crippen molar-refractivity contribution in [3.8, 4) is 0 Å². The smallest absolute Gasteiger partial charge is 0.161 e. The van der Waals surface area contributed by atoms with Gasteiger partial charge >= 0.3 is 0 Å². The Balaban J connectivity index is 2.47. The zero-order chi connectivity index (χ0) is 12.5. The summed E-state index contributed by atoms with van der Waals surface area (Å²) in [7, 11) is 1.69. The third-order valence-electron chi connectivity index (χ3n) is 3.73. The maximum Gasteiger partial charge on any atom is 0.161 e. The number of aryl methyl sites for hydroxylation is 1. The molecular weight excluding hydrogens is 236 g/mol. The SMILES string of the molecule is CCC(C)(OC)c1nc(Cl)c2c(n1)CCCC2. The standard InChI is InChI=1S/C13H19ClN2O/c1-4-13(2,17-3)12-15-10-8-6-5-7-9(10)11(14)16-12/h4-8H2,1-3H3. The minimum Gasteiger partial charge on any atom is -0.371 e. The van der Waals surface area contributed by atoms with Crippen LogP contribution in [0.2, 0.25) is 5.15 Å². The molecule has 4 heteroatoms. The van der Waals surface area contributed by atoms with Gasteiger partial charge in [-0.25, -0.2) is 9.97 Å². The highest BCUT2D eigenvalue weighted by Gasteiger charge is 2.29. The number of rotatable bonds is 3. The Hall–Kier alpha value is -0.670. The van der Waals surface area contributed by atoms with E-state index in [2.05, 4.69) is 16.9 Å². The maximum absolute atomic E-state index is 6.26. The second-order valence-electron chi connectivity index (χ2n) is 4.76. The van der Waals surface area contributed by atoms with Crippen LogP contribution in [0.4, 0.5) is 0 Å². The molecule has 0 aromatic carbocycles. The first kappa shape index (κ1) is 12.8. The molecule has 1 aliphatic carbocycles. The van der Waals surface area contributed by atoms with E-state index in [1.54, 1.807) is 7.11 Å². The Kier molecular flexibility index (Phi) is 3.69. The number of nitrogens with zero attached hydrogens (tertiary/aromatic N) is 2. The quantitative estimate of drug-likeness (QED) is 0.777. The highest BCUT2D eigenvalue weighted by molar-refractivity contribution is 6.30. The molecular formula is C13H19ClN2O. The van der Waals surface area contributed by atoms with E-state index >= 15 is 0 Å². The molecule has 0 saturated heterocycles. The van der Waals surface area contributed by atoms with Crippen molar-refractivity contribution >= 4 is 11.6 Å². The van der Waals surface area contributed by atoms with Crippen molar-refractivity contribution in [1.29, 1.82) is 0 Å². The molecule has 1 aliphatic rings. The predicted octanol–water partition coefficient (Wildman–Crippen LogP) is 3.28. The fraction of sp³-hybridized carbons (Fsp3) is 0.692. The number of halogens is 1. The summed E-state index contributed by atoms with van der Waals surface area (Å²) < 4.78 is 5.54. The van der Waals surface area contributed by atoms with Gasteiger partial charge < -0.3 is 4.74 Å². The van der Waals surface area contributed by atoms with Crippen LogP contribution in [0, 0.1) is 0 Å². The minimum absolute atomic E-state index is 0.434. The van der Waals surface area contributed by atoms with Gasteiger partial charge in [-0.15, -0.1) is 0 Å². The summed E-state index contributed by atoms with van der Waals surface area (Å²) in [6.07, 6.45) is 5.22. The Labute approximate surface area is 108 Å². The van der Waals surface area contributed by atoms with Gasteiger partial charge in [0.25, 0.3) is 0 Å². The molecule has 1 unspecified atom stereocenters. The van der Waals surface area contributed by atoms with E-state index in [0.29, 0.717) is 11.0 Å². The van der Waals surface area contributed by atoms with Crippen LogP contribution in [0.5, 0.6) is 0 Å². The van der Waals surface area contributed by atoms with E-state index in [1.807, 2.05) is 6.92 Å². The Bertz CT molecular complexity index is 416. The maximum atomic E-state index is 6.26. The number of fused-ring (bicyclic) bond motifs is 1. The van der Waals surface area contributed by atoms with Crippen LogP contribution >= 0.6 is 11.6 Å². The predicted molar refractivity (Wildman–Crippen MR) is 68.3 cm³/mol. The number of hydrogen-bond acceptors (Lipinski definition) is 3. The van der Waals surface area contributed by atoms with E-state index in [0.717, 1.165) is 30.5 Å². The molecule has 1 aromatic rings. The second-order valence-corrected chi connectivity index (χ2v) is 5.12. The molecule has 1 aromatic heterocycles. The van der Waals surface area contributed by atoms with Gasteiger partial charge in [0, 0.05) is 18.4 Å². The molecule has 0 saturated carbocycles. The molecule has 0 bridgehead atoms. The van der Waals surface area contributed by atoms with Crippen LogP contribution in [0.1, 0.15) is 50.2 Å². The molecule has 2 rings (SSSR count). The largest absolute Gasteiger partial charge is 0.371 e. The van der Waals surface area contributed by atoms with Gasteiger partial charge in [0.1, 0.15) is 10.8 Å². The zero-order valence-electron chi connectivity index (χ0n) is 10.7. The molecule has 0 radical (unpaired) electrons. The molecule has 0 amide bonds. The van der Waals surface area contributed by atoms with Gasteiger partial charge in [-0.1, -0.05) is 18.5 Å². The van der Waals surface area contributed by atoms with Crippen LogP contribution in [0.25, 0.3) is 0 Å². The molecule has 0 fully saturated rings. The summed E-state index contributed by atoms with van der Waals surface area (Å²) in [4.78, 5) is 9.10. The Morgan fingerprint density at radius 1 is 1.29 bits per heavy atom. The number of methoxy groups -OCH3 is 1. The van der Waals surface area contributed by atoms with E-state index in [9.17, 15) is 0 Å². The van der Waals surface area contributed by atoms with E-state index < -0.39 is 5.60 Å². The fourth-order valence-corrected chi connectivity index (χ4v) is 2.46. The van der Waals surface area contributed by atoms with Crippen LogP contribution in [-0.4, -0.2) is 17.1 Å². The van der Waals surface area contributed by atoms with E-state index in [4.69, 9.17) is 16.3 Å². The van der Waals surface area contributed by atoms with Crippen LogP contribution < -0.4 is 0 Å². The van der Waals surface area contributed by atoms with Crippen LogP contribution in [0.15, 0.2) is 0 Å². The molecule has 17 heavy (non-hydrogen) atoms. The Morgan fingerprint density at radius 2 is 2.00 bits per heavy atom. The van der Waals surface area contributed by atoms with Crippen molar-refractivity contribution in [2.24, 2.45) is 0 Å². The van der Waals surface area contributed by atoms with Gasteiger partial charge in [0.15, 0.2) is 5.82 Å². The van der Waals surface area contributed by atoms with Crippen molar-refractivity contribution in [1.82, 2.24) is 9.97 Å². The van der Waals surface area contributed by atoms with Crippen molar-refractivity contribution in [3.05, 3.63) is 22.2 Å². The first-order chi connectivity index (χ1) is 8.10. The summed E-state index contributed by atoms with van der Waals surface area (Å²) in [5.74, 6) is 0.716. The van der Waals surface area contributed by atoms with Crippen molar-refractivity contribution in [2.45, 2.75) is 51.6 Å². The molecule has 3 nitrogen and oxygen atoms in total. The lowest BCUT2D eigenvalue weighted by Gasteiger charge is -2.27. The third-order valence-corrected chi connectivity index (χ3v) is 4.04. The van der Waals surface area contributed by atoms with Gasteiger partial charge in [-0.2, -0.15) is 0 Å². The van der Waals surface area contributed by atoms with Crippen LogP contribution in [0.3, 0.4) is 0 Å². The molecule has 0 aliphatic heterocycles. The second kappa shape index (κ2) is 4.91. The summed E-state index contributed by atoms with van der Waals surface area (Å²) in [6, 6.07) is 0. The lowest BCUT2D eigenvalue weighted by Crippen LogP contribution is -2.27. The van der Waals surface area contributed by atoms with Crippen LogP contribution in [-0.2, 0) is 23.2 Å². The monoisotopic (exact) mass is 254 g/mol. The number of aromatic nitrogens is 2. The fourth-order valence-electron chi connectivity index (χ4n) is 2.18. The summed E-state index contributed by atoms with van der Waals surface area (Å²) in [5.41, 5.74) is 1.81. The van der Waals surface area contributed by atoms with Crippen molar-refractivity contribution in [3.63, 3.8) is 0 Å². The molecule has 0 spiro atoms. The van der Waals surface area contributed by atoms with Gasteiger partial charge in [0.05, 0.1) is 0 Å². The summed E-state index contributed by atoms with van der Waals surface area (Å²) >= 11 is 6.26. The molecule has 1 heterocycles. The van der Waals surface area contributed by atoms with E-state index in [-0.39, 0.29) is 0 Å². The first-order valence-electron chi connectivity index (χ1n) is 6.21. The molecule has 0 N–H and O–H groups in total. The van der Waals surface area contributed by atoms with Gasteiger partial charge in [0.2, 0.25) is 0 Å². The van der Waals surface area contributed by atoms with Crippen molar-refractivity contribution in [2.75, 3.05) is 7.11 Å². The topological polar surface area (TPSA) is 35.0 Å². The minimum atomic E-state index is -0.434.